The van der Waals surface area contributed by atoms with Gasteiger partial charge in [0.25, 0.3) is 5.91 Å². The lowest BCUT2D eigenvalue weighted by molar-refractivity contribution is -0.138. The molecular weight excluding hydrogens is 361 g/mol. The molecule has 0 aliphatic rings. The zero-order chi connectivity index (χ0) is 19.8. The fourth-order valence-electron chi connectivity index (χ4n) is 2.09. The third-order valence-corrected chi connectivity index (χ3v) is 3.33. The van der Waals surface area contributed by atoms with Gasteiger partial charge in [-0.25, -0.2) is 9.07 Å². The molecule has 142 valence electrons. The van der Waals surface area contributed by atoms with Crippen LogP contribution in [-0.2, 0) is 27.5 Å². The molecule has 0 bridgehead atoms. The highest BCUT2D eigenvalue weighted by molar-refractivity contribution is 5.94. The Morgan fingerprint density at radius 1 is 1.33 bits per heavy atom. The number of aliphatic carboxylic acids is 1. The summed E-state index contributed by atoms with van der Waals surface area (Å²) in [5, 5.41) is 20.6. The summed E-state index contributed by atoms with van der Waals surface area (Å²) in [4.78, 5) is 45.2. The molecule has 10 nitrogen and oxygen atoms in total. The molecule has 1 aromatic heterocycles. The minimum atomic E-state index is -1.24. The molecule has 3 N–H and O–H groups in total. The number of carbonyl (C=O) groups excluding carboxylic acids is 3. The minimum Gasteiger partial charge on any atom is -0.481 e. The number of hydrogen-bond donors (Lipinski definition) is 3. The molecule has 1 aromatic carbocycles. The van der Waals surface area contributed by atoms with Crippen LogP contribution in [0.5, 0.6) is 0 Å². The molecule has 2 amide bonds. The highest BCUT2D eigenvalue weighted by Crippen LogP contribution is 2.03. The maximum atomic E-state index is 13.1. The largest absolute Gasteiger partial charge is 0.481 e. The Kier molecular flexibility index (Phi) is 6.69. The molecule has 27 heavy (non-hydrogen) atoms. The standard InChI is InChI=1S/C16H16FN5O5/c17-11-3-1-2-10(4-11)6-18-14(24)8-22-7-13(20-21-22)16(27)19-12(9-23)5-15(25)26/h1-4,7,9,12H,5-6,8H2,(H,18,24)(H,19,27)(H,25,26)/t12-/m0/s1. The molecule has 1 heterocycles. The highest BCUT2D eigenvalue weighted by Gasteiger charge is 2.18. The first kappa shape index (κ1) is 19.7. The molecule has 0 spiro atoms. The first-order valence-corrected chi connectivity index (χ1v) is 7.76. The van der Waals surface area contributed by atoms with Crippen molar-refractivity contribution in [3.63, 3.8) is 0 Å². The minimum absolute atomic E-state index is 0.120. The van der Waals surface area contributed by atoms with Gasteiger partial charge in [0, 0.05) is 6.54 Å². The number of nitrogens with one attached hydrogen (secondary N) is 2. The van der Waals surface area contributed by atoms with Crippen LogP contribution >= 0.6 is 0 Å². The number of rotatable bonds is 9. The molecular formula is C16H16FN5O5. The van der Waals surface area contributed by atoms with Crippen molar-refractivity contribution in [3.05, 3.63) is 47.5 Å². The van der Waals surface area contributed by atoms with Crippen molar-refractivity contribution >= 4 is 24.1 Å². The maximum Gasteiger partial charge on any atom is 0.305 e. The summed E-state index contributed by atoms with van der Waals surface area (Å²) < 4.78 is 14.2. The summed E-state index contributed by atoms with van der Waals surface area (Å²) in [7, 11) is 0. The van der Waals surface area contributed by atoms with E-state index in [1.54, 1.807) is 6.07 Å². The molecule has 0 unspecified atom stereocenters. The number of carboxylic acid groups (broad SMARTS) is 1. The number of benzene rings is 1. The molecule has 1 atom stereocenters. The third kappa shape index (κ3) is 6.30. The average Bonchev–Trinajstić information content (AvgIpc) is 3.07. The number of hydrogen-bond acceptors (Lipinski definition) is 6. The van der Waals surface area contributed by atoms with Crippen molar-refractivity contribution in [2.45, 2.75) is 25.6 Å². The maximum absolute atomic E-state index is 13.1. The third-order valence-electron chi connectivity index (χ3n) is 3.33. The topological polar surface area (TPSA) is 143 Å². The summed E-state index contributed by atoms with van der Waals surface area (Å²) in [5.74, 6) is -2.89. The Balaban J connectivity index is 1.87. The number of nitrogens with zero attached hydrogens (tertiary/aromatic N) is 3. The Bertz CT molecular complexity index is 853. The van der Waals surface area contributed by atoms with Crippen LogP contribution in [0, 0.1) is 5.82 Å². The van der Waals surface area contributed by atoms with E-state index in [-0.39, 0.29) is 18.8 Å². The van der Waals surface area contributed by atoms with Crippen LogP contribution in [0.15, 0.2) is 30.5 Å². The van der Waals surface area contributed by atoms with Crippen LogP contribution in [0.4, 0.5) is 4.39 Å². The predicted octanol–water partition coefficient (Wildman–Crippen LogP) is -0.494. The van der Waals surface area contributed by atoms with Gasteiger partial charge in [-0.2, -0.15) is 0 Å². The van der Waals surface area contributed by atoms with Gasteiger partial charge in [0.05, 0.1) is 18.7 Å². The van der Waals surface area contributed by atoms with Crippen molar-refractivity contribution in [1.82, 2.24) is 25.6 Å². The number of aldehydes is 1. The van der Waals surface area contributed by atoms with E-state index in [0.29, 0.717) is 11.8 Å². The van der Waals surface area contributed by atoms with E-state index < -0.39 is 36.1 Å². The van der Waals surface area contributed by atoms with Gasteiger partial charge < -0.3 is 20.5 Å². The van der Waals surface area contributed by atoms with E-state index >= 15 is 0 Å². The molecule has 2 aromatic rings. The van der Waals surface area contributed by atoms with Crippen molar-refractivity contribution in [2.75, 3.05) is 0 Å². The zero-order valence-electron chi connectivity index (χ0n) is 14.0. The Hall–Kier alpha value is -3.63. The van der Waals surface area contributed by atoms with E-state index in [1.807, 2.05) is 0 Å². The number of amides is 2. The van der Waals surface area contributed by atoms with Gasteiger partial charge in [0.1, 0.15) is 18.6 Å². The molecule has 2 rings (SSSR count). The van der Waals surface area contributed by atoms with E-state index in [0.717, 1.165) is 4.68 Å². The molecule has 0 aliphatic carbocycles. The Labute approximate surface area is 152 Å². The van der Waals surface area contributed by atoms with E-state index in [4.69, 9.17) is 5.11 Å². The van der Waals surface area contributed by atoms with Gasteiger partial charge in [0.2, 0.25) is 5.91 Å². The van der Waals surface area contributed by atoms with Gasteiger partial charge in [0.15, 0.2) is 5.69 Å². The quantitative estimate of drug-likeness (QED) is 0.500. The van der Waals surface area contributed by atoms with Gasteiger partial charge in [-0.1, -0.05) is 17.3 Å². The lowest BCUT2D eigenvalue weighted by atomic mass is 10.2. The lowest BCUT2D eigenvalue weighted by Gasteiger charge is -2.08. The highest BCUT2D eigenvalue weighted by atomic mass is 19.1. The summed E-state index contributed by atoms with van der Waals surface area (Å²) in [5.41, 5.74) is 0.408. The molecule has 0 saturated carbocycles. The second-order valence-electron chi connectivity index (χ2n) is 5.52. The Morgan fingerprint density at radius 3 is 2.78 bits per heavy atom. The van der Waals surface area contributed by atoms with Crippen LogP contribution in [0.3, 0.4) is 0 Å². The van der Waals surface area contributed by atoms with Crippen LogP contribution in [0.2, 0.25) is 0 Å². The second-order valence-corrected chi connectivity index (χ2v) is 5.52. The first-order chi connectivity index (χ1) is 12.9. The van der Waals surface area contributed by atoms with Gasteiger partial charge in [-0.05, 0) is 17.7 Å². The molecule has 0 aliphatic heterocycles. The number of aromatic nitrogens is 3. The molecule has 11 heteroatoms. The SMILES string of the molecule is O=C[C@H](CC(=O)O)NC(=O)c1cn(CC(=O)NCc2cccc(F)c2)nn1. The zero-order valence-corrected chi connectivity index (χ0v) is 14.0. The fraction of sp³-hybridized carbons (Fsp3) is 0.250. The Morgan fingerprint density at radius 2 is 2.11 bits per heavy atom. The molecule has 0 radical (unpaired) electrons. The van der Waals surface area contributed by atoms with Gasteiger partial charge >= 0.3 is 5.97 Å². The monoisotopic (exact) mass is 377 g/mol. The van der Waals surface area contributed by atoms with E-state index in [2.05, 4.69) is 20.9 Å². The van der Waals surface area contributed by atoms with Crippen molar-refractivity contribution in [3.8, 4) is 0 Å². The van der Waals surface area contributed by atoms with Gasteiger partial charge in [-0.15, -0.1) is 5.10 Å². The van der Waals surface area contributed by atoms with Crippen LogP contribution in [-0.4, -0.2) is 50.2 Å². The summed E-state index contributed by atoms with van der Waals surface area (Å²) in [6, 6.07) is 4.56. The normalized spacial score (nSPS) is 11.4. The number of carbonyl (C=O) groups is 4. The van der Waals surface area contributed by atoms with Crippen LogP contribution < -0.4 is 10.6 Å². The number of halogens is 1. The van der Waals surface area contributed by atoms with Crippen molar-refractivity contribution in [2.24, 2.45) is 0 Å². The molecule has 0 fully saturated rings. The van der Waals surface area contributed by atoms with Gasteiger partial charge in [-0.3, -0.25) is 14.4 Å². The lowest BCUT2D eigenvalue weighted by Crippen LogP contribution is -2.37. The number of carboxylic acids is 1. The predicted molar refractivity (Wildman–Crippen MR) is 87.8 cm³/mol. The fourth-order valence-corrected chi connectivity index (χ4v) is 2.09. The average molecular weight is 377 g/mol. The van der Waals surface area contributed by atoms with Crippen LogP contribution in [0.1, 0.15) is 22.5 Å². The van der Waals surface area contributed by atoms with Crippen LogP contribution in [0.25, 0.3) is 0 Å². The second kappa shape index (κ2) is 9.17. The van der Waals surface area contributed by atoms with E-state index in [1.165, 1.54) is 24.4 Å². The summed E-state index contributed by atoms with van der Waals surface area (Å²) in [6.07, 6.45) is 0.919. The molecule has 0 saturated heterocycles. The smallest absolute Gasteiger partial charge is 0.305 e. The van der Waals surface area contributed by atoms with Crippen molar-refractivity contribution in [1.29, 1.82) is 0 Å². The first-order valence-electron chi connectivity index (χ1n) is 7.76. The summed E-state index contributed by atoms with van der Waals surface area (Å²) in [6.45, 7) is -0.114. The van der Waals surface area contributed by atoms with E-state index in [9.17, 15) is 23.6 Å². The summed E-state index contributed by atoms with van der Waals surface area (Å²) >= 11 is 0. The van der Waals surface area contributed by atoms with Crippen molar-refractivity contribution < 1.29 is 28.7 Å².